The van der Waals surface area contributed by atoms with Crippen molar-refractivity contribution in [2.24, 2.45) is 0 Å². The van der Waals surface area contributed by atoms with E-state index >= 15 is 0 Å². The second kappa shape index (κ2) is 9.10. The summed E-state index contributed by atoms with van der Waals surface area (Å²) in [6.07, 6.45) is 3.69. The van der Waals surface area contributed by atoms with Crippen LogP contribution in [0.15, 0.2) is 24.5 Å². The molecule has 0 aliphatic heterocycles. The fourth-order valence-electron chi connectivity index (χ4n) is 1.63. The Bertz CT molecular complexity index is 279. The first-order chi connectivity index (χ1) is 8.36. The molecule has 1 heterocycles. The highest BCUT2D eigenvalue weighted by molar-refractivity contribution is 5.09. The summed E-state index contributed by atoms with van der Waals surface area (Å²) in [5.41, 5.74) is 1.32. The van der Waals surface area contributed by atoms with Gasteiger partial charge in [0.1, 0.15) is 0 Å². The minimum Gasteiger partial charge on any atom is -0.383 e. The minimum absolute atomic E-state index is 0.774. The van der Waals surface area contributed by atoms with Gasteiger partial charge in [0, 0.05) is 45.7 Å². The molecule has 0 radical (unpaired) electrons. The normalized spacial score (nSPS) is 11.0. The Labute approximate surface area is 104 Å². The van der Waals surface area contributed by atoms with E-state index in [1.165, 1.54) is 5.56 Å². The number of pyridine rings is 1. The Morgan fingerprint density at radius 1 is 1.29 bits per heavy atom. The molecule has 0 fully saturated rings. The molecule has 96 valence electrons. The third-order valence-electron chi connectivity index (χ3n) is 2.69. The van der Waals surface area contributed by atoms with E-state index in [-0.39, 0.29) is 0 Å². The van der Waals surface area contributed by atoms with Crippen molar-refractivity contribution in [2.45, 2.75) is 13.5 Å². The number of nitrogens with zero attached hydrogens (tertiary/aromatic N) is 2. The van der Waals surface area contributed by atoms with E-state index in [1.54, 1.807) is 7.11 Å². The van der Waals surface area contributed by atoms with Gasteiger partial charge < -0.3 is 10.1 Å². The zero-order valence-corrected chi connectivity index (χ0v) is 10.9. The van der Waals surface area contributed by atoms with Gasteiger partial charge in [-0.25, -0.2) is 0 Å². The van der Waals surface area contributed by atoms with Crippen molar-refractivity contribution >= 4 is 0 Å². The van der Waals surface area contributed by atoms with E-state index < -0.39 is 0 Å². The van der Waals surface area contributed by atoms with Crippen LogP contribution in [-0.2, 0) is 11.3 Å². The predicted octanol–water partition coefficient (Wildman–Crippen LogP) is 1.14. The second-order valence-electron chi connectivity index (χ2n) is 3.97. The van der Waals surface area contributed by atoms with Crippen LogP contribution in [0.25, 0.3) is 0 Å². The highest BCUT2D eigenvalue weighted by atomic mass is 16.5. The number of ether oxygens (including phenoxy) is 1. The van der Waals surface area contributed by atoms with E-state index in [1.807, 2.05) is 12.4 Å². The van der Waals surface area contributed by atoms with Crippen molar-refractivity contribution in [2.75, 3.05) is 39.9 Å². The van der Waals surface area contributed by atoms with Crippen molar-refractivity contribution in [1.29, 1.82) is 0 Å². The maximum atomic E-state index is 4.99. The van der Waals surface area contributed by atoms with Crippen LogP contribution in [0, 0.1) is 0 Å². The first kappa shape index (κ1) is 14.1. The first-order valence-corrected chi connectivity index (χ1v) is 6.17. The molecule has 0 aliphatic rings. The van der Waals surface area contributed by atoms with Crippen molar-refractivity contribution in [1.82, 2.24) is 15.2 Å². The molecular formula is C13H23N3O. The van der Waals surface area contributed by atoms with E-state index in [4.69, 9.17) is 4.74 Å². The second-order valence-corrected chi connectivity index (χ2v) is 3.97. The molecule has 0 aliphatic carbocycles. The molecular weight excluding hydrogens is 214 g/mol. The van der Waals surface area contributed by atoms with Crippen molar-refractivity contribution in [3.63, 3.8) is 0 Å². The first-order valence-electron chi connectivity index (χ1n) is 6.17. The Balaban J connectivity index is 2.20. The van der Waals surface area contributed by atoms with Crippen LogP contribution < -0.4 is 5.32 Å². The van der Waals surface area contributed by atoms with Crippen molar-refractivity contribution in [3.8, 4) is 0 Å². The summed E-state index contributed by atoms with van der Waals surface area (Å²) in [5.74, 6) is 0. The summed E-state index contributed by atoms with van der Waals surface area (Å²) in [5, 5.41) is 3.36. The molecule has 1 aromatic rings. The summed E-state index contributed by atoms with van der Waals surface area (Å²) < 4.78 is 4.99. The lowest BCUT2D eigenvalue weighted by Gasteiger charge is -2.20. The van der Waals surface area contributed by atoms with Gasteiger partial charge in [0.05, 0.1) is 6.61 Å². The summed E-state index contributed by atoms with van der Waals surface area (Å²) in [6.45, 7) is 8.00. The Hall–Kier alpha value is -0.970. The van der Waals surface area contributed by atoms with E-state index in [0.717, 1.165) is 39.3 Å². The van der Waals surface area contributed by atoms with Gasteiger partial charge in [-0.05, 0) is 24.2 Å². The van der Waals surface area contributed by atoms with Gasteiger partial charge in [0.15, 0.2) is 0 Å². The molecule has 0 unspecified atom stereocenters. The van der Waals surface area contributed by atoms with Gasteiger partial charge in [0.25, 0.3) is 0 Å². The third kappa shape index (κ3) is 6.36. The van der Waals surface area contributed by atoms with Crippen molar-refractivity contribution in [3.05, 3.63) is 30.1 Å². The number of likely N-dealkylation sites (N-methyl/N-ethyl adjacent to an activating group) is 1. The molecule has 0 spiro atoms. The summed E-state index contributed by atoms with van der Waals surface area (Å²) in [6, 6.07) is 4.14. The molecule has 0 amide bonds. The van der Waals surface area contributed by atoms with E-state index in [2.05, 4.69) is 34.3 Å². The summed E-state index contributed by atoms with van der Waals surface area (Å²) in [4.78, 5) is 6.44. The lowest BCUT2D eigenvalue weighted by molar-refractivity contribution is 0.196. The number of rotatable bonds is 9. The molecule has 4 nitrogen and oxygen atoms in total. The van der Waals surface area contributed by atoms with Gasteiger partial charge in [0.2, 0.25) is 0 Å². The highest BCUT2D eigenvalue weighted by Gasteiger charge is 2.02. The zero-order valence-electron chi connectivity index (χ0n) is 10.9. The maximum Gasteiger partial charge on any atom is 0.0587 e. The molecule has 1 rings (SSSR count). The average molecular weight is 237 g/mol. The summed E-state index contributed by atoms with van der Waals surface area (Å²) in [7, 11) is 1.73. The minimum atomic E-state index is 0.774. The molecule has 0 aromatic carbocycles. The average Bonchev–Trinajstić information content (AvgIpc) is 2.38. The number of methoxy groups -OCH3 is 1. The topological polar surface area (TPSA) is 37.4 Å². The maximum absolute atomic E-state index is 4.99. The number of hydrogen-bond donors (Lipinski definition) is 1. The highest BCUT2D eigenvalue weighted by Crippen LogP contribution is 2.01. The standard InChI is InChI=1S/C13H23N3O/c1-3-16(10-8-15-9-11-17-2)12-13-4-6-14-7-5-13/h4-7,15H,3,8-12H2,1-2H3. The molecule has 0 saturated heterocycles. The summed E-state index contributed by atoms with van der Waals surface area (Å²) >= 11 is 0. The van der Waals surface area contributed by atoms with Gasteiger partial charge in [-0.1, -0.05) is 6.92 Å². The fraction of sp³-hybridized carbons (Fsp3) is 0.615. The molecule has 0 saturated carbocycles. The predicted molar refractivity (Wildman–Crippen MR) is 69.9 cm³/mol. The van der Waals surface area contributed by atoms with E-state index in [0.29, 0.717) is 0 Å². The number of nitrogens with one attached hydrogen (secondary N) is 1. The third-order valence-corrected chi connectivity index (χ3v) is 2.69. The van der Waals surface area contributed by atoms with Gasteiger partial charge >= 0.3 is 0 Å². The van der Waals surface area contributed by atoms with Crippen LogP contribution in [-0.4, -0.2) is 49.8 Å². The molecule has 17 heavy (non-hydrogen) atoms. The monoisotopic (exact) mass is 237 g/mol. The Morgan fingerprint density at radius 2 is 2.06 bits per heavy atom. The zero-order chi connectivity index (χ0) is 12.3. The number of aromatic nitrogens is 1. The van der Waals surface area contributed by atoms with Crippen LogP contribution in [0.1, 0.15) is 12.5 Å². The van der Waals surface area contributed by atoms with Crippen molar-refractivity contribution < 1.29 is 4.74 Å². The van der Waals surface area contributed by atoms with Gasteiger partial charge in [-0.15, -0.1) is 0 Å². The van der Waals surface area contributed by atoms with Crippen LogP contribution in [0.4, 0.5) is 0 Å². The van der Waals surface area contributed by atoms with Gasteiger partial charge in [-0.3, -0.25) is 9.88 Å². The molecule has 4 heteroatoms. The van der Waals surface area contributed by atoms with Gasteiger partial charge in [-0.2, -0.15) is 0 Å². The Morgan fingerprint density at radius 3 is 2.71 bits per heavy atom. The quantitative estimate of drug-likeness (QED) is 0.654. The Kier molecular flexibility index (Phi) is 7.54. The lowest BCUT2D eigenvalue weighted by Crippen LogP contribution is -2.33. The molecule has 0 bridgehead atoms. The molecule has 1 N–H and O–H groups in total. The van der Waals surface area contributed by atoms with E-state index in [9.17, 15) is 0 Å². The van der Waals surface area contributed by atoms with Crippen LogP contribution in [0.5, 0.6) is 0 Å². The van der Waals surface area contributed by atoms with Crippen LogP contribution >= 0.6 is 0 Å². The SMILES string of the molecule is CCN(CCNCCOC)Cc1ccncc1. The largest absolute Gasteiger partial charge is 0.383 e. The molecule has 1 aromatic heterocycles. The lowest BCUT2D eigenvalue weighted by atomic mass is 10.2. The van der Waals surface area contributed by atoms with Crippen LogP contribution in [0.3, 0.4) is 0 Å². The number of hydrogen-bond acceptors (Lipinski definition) is 4. The molecule has 0 atom stereocenters. The fourth-order valence-corrected chi connectivity index (χ4v) is 1.63. The van der Waals surface area contributed by atoms with Crippen LogP contribution in [0.2, 0.25) is 0 Å². The smallest absolute Gasteiger partial charge is 0.0587 e.